The summed E-state index contributed by atoms with van der Waals surface area (Å²) in [6.45, 7) is 3.69. The van der Waals surface area contributed by atoms with Gasteiger partial charge in [-0.15, -0.1) is 11.3 Å². The average Bonchev–Trinajstić information content (AvgIpc) is 3.06. The zero-order chi connectivity index (χ0) is 18.1. The van der Waals surface area contributed by atoms with Crippen molar-refractivity contribution in [3.05, 3.63) is 45.9 Å². The second kappa shape index (κ2) is 9.63. The molecule has 3 N–H and O–H groups in total. The molecule has 2 aromatic rings. The molecular weight excluding hydrogens is 338 g/mol. The van der Waals surface area contributed by atoms with Crippen LogP contribution in [0.2, 0.25) is 0 Å². The van der Waals surface area contributed by atoms with E-state index in [1.54, 1.807) is 49.8 Å². The van der Waals surface area contributed by atoms with E-state index in [0.717, 1.165) is 5.01 Å². The molecule has 134 valence electrons. The number of nitrogens with one attached hydrogen (secondary N) is 3. The monoisotopic (exact) mass is 361 g/mol. The van der Waals surface area contributed by atoms with E-state index in [9.17, 15) is 4.79 Å². The lowest BCUT2D eigenvalue weighted by Crippen LogP contribution is -2.41. The first-order chi connectivity index (χ1) is 12.1. The molecule has 7 nitrogen and oxygen atoms in total. The van der Waals surface area contributed by atoms with Crippen molar-refractivity contribution >= 4 is 23.2 Å². The highest BCUT2D eigenvalue weighted by Crippen LogP contribution is 2.12. The summed E-state index contributed by atoms with van der Waals surface area (Å²) < 4.78 is 5.12. The third-order valence-electron chi connectivity index (χ3n) is 3.33. The molecule has 1 heterocycles. The van der Waals surface area contributed by atoms with Gasteiger partial charge < -0.3 is 20.7 Å². The Morgan fingerprint density at radius 3 is 2.76 bits per heavy atom. The normalized spacial score (nSPS) is 11.1. The number of carbonyl (C=O) groups is 1. The van der Waals surface area contributed by atoms with Crippen molar-refractivity contribution < 1.29 is 9.53 Å². The van der Waals surface area contributed by atoms with E-state index in [2.05, 4.69) is 25.9 Å². The first-order valence-corrected chi connectivity index (χ1v) is 8.72. The zero-order valence-electron chi connectivity index (χ0n) is 14.6. The molecule has 2 rings (SSSR count). The molecule has 0 atom stereocenters. The van der Waals surface area contributed by atoms with Gasteiger partial charge in [0.25, 0.3) is 5.91 Å². The zero-order valence-corrected chi connectivity index (χ0v) is 15.4. The summed E-state index contributed by atoms with van der Waals surface area (Å²) in [5.74, 6) is 1.19. The lowest BCUT2D eigenvalue weighted by atomic mass is 10.2. The van der Waals surface area contributed by atoms with E-state index >= 15 is 0 Å². The van der Waals surface area contributed by atoms with Crippen LogP contribution in [0.3, 0.4) is 0 Å². The summed E-state index contributed by atoms with van der Waals surface area (Å²) in [4.78, 5) is 21.7. The quantitative estimate of drug-likeness (QED) is 0.396. The molecule has 8 heteroatoms. The van der Waals surface area contributed by atoms with Crippen LogP contribution in [0.4, 0.5) is 0 Å². The number of amides is 1. The molecule has 0 aliphatic carbocycles. The molecular formula is C17H23N5O2S. The molecule has 0 bridgehead atoms. The Kier molecular flexibility index (Phi) is 7.21. The van der Waals surface area contributed by atoms with Gasteiger partial charge in [-0.1, -0.05) is 6.07 Å². The first kappa shape index (κ1) is 18.7. The van der Waals surface area contributed by atoms with Gasteiger partial charge in [-0.3, -0.25) is 9.79 Å². The number of methoxy groups -OCH3 is 1. The van der Waals surface area contributed by atoms with E-state index < -0.39 is 0 Å². The number of rotatable bonds is 7. The molecule has 0 fully saturated rings. The maximum absolute atomic E-state index is 12.1. The van der Waals surface area contributed by atoms with Gasteiger partial charge in [0.2, 0.25) is 0 Å². The van der Waals surface area contributed by atoms with Crippen molar-refractivity contribution in [1.82, 2.24) is 20.9 Å². The number of aliphatic imine (C=N–C) groups is 1. The van der Waals surface area contributed by atoms with Crippen LogP contribution >= 0.6 is 11.3 Å². The summed E-state index contributed by atoms with van der Waals surface area (Å²) in [7, 11) is 3.28. The van der Waals surface area contributed by atoms with Crippen LogP contribution in [-0.2, 0) is 6.54 Å². The summed E-state index contributed by atoms with van der Waals surface area (Å²) >= 11 is 1.65. The number of guanidine groups is 1. The minimum Gasteiger partial charge on any atom is -0.497 e. The summed E-state index contributed by atoms with van der Waals surface area (Å²) in [6, 6.07) is 7.05. The highest BCUT2D eigenvalue weighted by molar-refractivity contribution is 7.11. The van der Waals surface area contributed by atoms with Crippen molar-refractivity contribution in [3.63, 3.8) is 0 Å². The molecule has 0 saturated carbocycles. The van der Waals surface area contributed by atoms with Gasteiger partial charge in [0.15, 0.2) is 5.96 Å². The van der Waals surface area contributed by atoms with Crippen LogP contribution in [0.5, 0.6) is 5.75 Å². The van der Waals surface area contributed by atoms with Gasteiger partial charge in [0, 0.05) is 36.8 Å². The van der Waals surface area contributed by atoms with Crippen LogP contribution in [0, 0.1) is 6.92 Å². The van der Waals surface area contributed by atoms with E-state index in [-0.39, 0.29) is 5.91 Å². The van der Waals surface area contributed by atoms with Crippen molar-refractivity contribution in [3.8, 4) is 5.75 Å². The Labute approximate surface area is 151 Å². The van der Waals surface area contributed by atoms with Crippen molar-refractivity contribution in [2.45, 2.75) is 13.5 Å². The number of hydrogen-bond donors (Lipinski definition) is 3. The predicted molar refractivity (Wildman–Crippen MR) is 100 cm³/mol. The third-order valence-corrected chi connectivity index (χ3v) is 4.25. The fraction of sp³-hybridized carbons (Fsp3) is 0.353. The maximum atomic E-state index is 12.1. The predicted octanol–water partition coefficient (Wildman–Crippen LogP) is 1.56. The molecule has 0 saturated heterocycles. The number of aryl methyl sites for hydroxylation is 1. The van der Waals surface area contributed by atoms with Gasteiger partial charge in [-0.2, -0.15) is 0 Å². The molecule has 0 unspecified atom stereocenters. The first-order valence-electron chi connectivity index (χ1n) is 7.90. The Bertz CT molecular complexity index is 729. The SMILES string of the molecule is CN=C(NCCNC(=O)c1cccc(OC)c1)NCc1ncc(C)s1. The van der Waals surface area contributed by atoms with Crippen LogP contribution in [-0.4, -0.2) is 44.1 Å². The number of ether oxygens (including phenoxy) is 1. The largest absolute Gasteiger partial charge is 0.497 e. The van der Waals surface area contributed by atoms with Gasteiger partial charge in [-0.25, -0.2) is 4.98 Å². The Hall–Kier alpha value is -2.61. The third kappa shape index (κ3) is 6.07. The Morgan fingerprint density at radius 1 is 1.28 bits per heavy atom. The fourth-order valence-corrected chi connectivity index (χ4v) is 2.81. The fourth-order valence-electron chi connectivity index (χ4n) is 2.09. The minimum atomic E-state index is -0.137. The van der Waals surface area contributed by atoms with Gasteiger partial charge in [0.05, 0.1) is 13.7 Å². The summed E-state index contributed by atoms with van der Waals surface area (Å²) in [6.07, 6.45) is 1.85. The molecule has 0 radical (unpaired) electrons. The smallest absolute Gasteiger partial charge is 0.251 e. The Morgan fingerprint density at radius 2 is 2.08 bits per heavy atom. The molecule has 1 aromatic heterocycles. The summed E-state index contributed by atoms with van der Waals surface area (Å²) in [5, 5.41) is 10.2. The molecule has 0 aliphatic heterocycles. The van der Waals surface area contributed by atoms with Crippen LogP contribution in [0.15, 0.2) is 35.5 Å². The van der Waals surface area contributed by atoms with E-state index in [0.29, 0.717) is 36.9 Å². The second-order valence-electron chi connectivity index (χ2n) is 5.21. The molecule has 25 heavy (non-hydrogen) atoms. The van der Waals surface area contributed by atoms with Crippen LogP contribution in [0.25, 0.3) is 0 Å². The number of hydrogen-bond acceptors (Lipinski definition) is 5. The van der Waals surface area contributed by atoms with E-state index in [1.165, 1.54) is 4.88 Å². The van der Waals surface area contributed by atoms with E-state index in [4.69, 9.17) is 4.74 Å². The number of aromatic nitrogens is 1. The molecule has 1 amide bonds. The number of benzene rings is 1. The Balaban J connectivity index is 1.70. The van der Waals surface area contributed by atoms with Crippen molar-refractivity contribution in [1.29, 1.82) is 0 Å². The van der Waals surface area contributed by atoms with Gasteiger partial charge in [-0.05, 0) is 25.1 Å². The molecule has 1 aromatic carbocycles. The lowest BCUT2D eigenvalue weighted by molar-refractivity contribution is 0.0954. The summed E-state index contributed by atoms with van der Waals surface area (Å²) in [5.41, 5.74) is 0.570. The topological polar surface area (TPSA) is 87.6 Å². The van der Waals surface area contributed by atoms with Gasteiger partial charge >= 0.3 is 0 Å². The number of carbonyl (C=O) groups excluding carboxylic acids is 1. The molecule has 0 aliphatic rings. The standard InChI is InChI=1S/C17H23N5O2S/c1-12-10-21-15(25-12)11-22-17(18-2)20-8-7-19-16(23)13-5-4-6-14(9-13)24-3/h4-6,9-10H,7-8,11H2,1-3H3,(H,19,23)(H2,18,20,22). The van der Waals surface area contributed by atoms with E-state index in [1.807, 2.05) is 13.1 Å². The average molecular weight is 361 g/mol. The van der Waals surface area contributed by atoms with Crippen molar-refractivity contribution in [2.24, 2.45) is 4.99 Å². The number of thiazole rings is 1. The lowest BCUT2D eigenvalue weighted by Gasteiger charge is -2.11. The van der Waals surface area contributed by atoms with Gasteiger partial charge in [0.1, 0.15) is 10.8 Å². The highest BCUT2D eigenvalue weighted by atomic mass is 32.1. The maximum Gasteiger partial charge on any atom is 0.251 e. The number of nitrogens with zero attached hydrogens (tertiary/aromatic N) is 2. The van der Waals surface area contributed by atoms with Crippen molar-refractivity contribution in [2.75, 3.05) is 27.2 Å². The minimum absolute atomic E-state index is 0.137. The molecule has 0 spiro atoms. The second-order valence-corrected chi connectivity index (χ2v) is 6.52. The highest BCUT2D eigenvalue weighted by Gasteiger charge is 2.06. The van der Waals surface area contributed by atoms with Crippen LogP contribution in [0.1, 0.15) is 20.2 Å². The van der Waals surface area contributed by atoms with Crippen LogP contribution < -0.4 is 20.7 Å².